The number of carbonyl (C=O) groups is 4. The molecule has 2 aliphatic rings. The smallest absolute Gasteiger partial charge is 0.262 e. The summed E-state index contributed by atoms with van der Waals surface area (Å²) in [7, 11) is 0. The van der Waals surface area contributed by atoms with Crippen LogP contribution in [0.4, 0.5) is 11.4 Å². The normalized spacial score (nSPS) is 18.4. The van der Waals surface area contributed by atoms with Crippen LogP contribution < -0.4 is 16.4 Å². The van der Waals surface area contributed by atoms with Crippen molar-refractivity contribution in [2.75, 3.05) is 17.6 Å². The third kappa shape index (κ3) is 3.63. The molecule has 1 unspecified atom stereocenters. The number of amides is 4. The molecule has 0 bridgehead atoms. The highest BCUT2D eigenvalue weighted by Crippen LogP contribution is 2.29. The van der Waals surface area contributed by atoms with Crippen molar-refractivity contribution >= 4 is 35.0 Å². The van der Waals surface area contributed by atoms with Crippen LogP contribution in [0.1, 0.15) is 45.5 Å². The minimum Gasteiger partial charge on any atom is -0.399 e. The first-order chi connectivity index (χ1) is 14.5. The molecule has 1 saturated heterocycles. The first-order valence-electron chi connectivity index (χ1n) is 9.88. The van der Waals surface area contributed by atoms with Crippen LogP contribution in [0.15, 0.2) is 42.5 Å². The molecule has 4 rings (SSSR count). The number of aryl methyl sites for hydroxylation is 1. The largest absolute Gasteiger partial charge is 0.399 e. The topological polar surface area (TPSA) is 122 Å². The quantitative estimate of drug-likeness (QED) is 0.381. The predicted octanol–water partition coefficient (Wildman–Crippen LogP) is 1.71. The number of imide groups is 2. The highest BCUT2D eigenvalue weighted by atomic mass is 16.2. The standard InChI is InChI=1S/C22H22N4O4/c23-17-6-2-1-4-13(17)5-3-11-24-14-7-8-15-16(12-14)22(30)26(21(15)29)18-9-10-19(27)25-20(18)28/h1-2,4,6-8,12,18,24H,3,5,9-11,23H2,(H,25,27,28). The number of piperidine rings is 1. The summed E-state index contributed by atoms with van der Waals surface area (Å²) in [6.45, 7) is 0.673. The van der Waals surface area contributed by atoms with Crippen LogP contribution in [0.2, 0.25) is 0 Å². The number of para-hydroxylation sites is 1. The second-order valence-corrected chi connectivity index (χ2v) is 7.44. The van der Waals surface area contributed by atoms with Gasteiger partial charge in [0.15, 0.2) is 0 Å². The molecule has 154 valence electrons. The zero-order valence-electron chi connectivity index (χ0n) is 16.3. The number of rotatable bonds is 6. The van der Waals surface area contributed by atoms with Gasteiger partial charge in [0.25, 0.3) is 11.8 Å². The third-order valence-electron chi connectivity index (χ3n) is 5.45. The monoisotopic (exact) mass is 406 g/mol. The molecule has 0 aliphatic carbocycles. The van der Waals surface area contributed by atoms with Gasteiger partial charge in [0.05, 0.1) is 11.1 Å². The fourth-order valence-electron chi connectivity index (χ4n) is 3.85. The first-order valence-corrected chi connectivity index (χ1v) is 9.88. The van der Waals surface area contributed by atoms with Gasteiger partial charge in [-0.3, -0.25) is 29.4 Å². The van der Waals surface area contributed by atoms with E-state index in [1.165, 1.54) is 0 Å². The average Bonchev–Trinajstić information content (AvgIpc) is 2.97. The van der Waals surface area contributed by atoms with Gasteiger partial charge in [-0.15, -0.1) is 0 Å². The van der Waals surface area contributed by atoms with Crippen LogP contribution in [-0.4, -0.2) is 41.1 Å². The van der Waals surface area contributed by atoms with E-state index >= 15 is 0 Å². The first kappa shape index (κ1) is 19.6. The molecule has 2 aromatic carbocycles. The van der Waals surface area contributed by atoms with Crippen molar-refractivity contribution in [2.24, 2.45) is 0 Å². The molecule has 8 nitrogen and oxygen atoms in total. The maximum Gasteiger partial charge on any atom is 0.262 e. The van der Waals surface area contributed by atoms with Crippen LogP contribution in [0, 0.1) is 0 Å². The van der Waals surface area contributed by atoms with E-state index in [-0.39, 0.29) is 24.0 Å². The molecule has 30 heavy (non-hydrogen) atoms. The summed E-state index contributed by atoms with van der Waals surface area (Å²) >= 11 is 0. The lowest BCUT2D eigenvalue weighted by atomic mass is 10.0. The van der Waals surface area contributed by atoms with Gasteiger partial charge in [-0.05, 0) is 49.1 Å². The minimum atomic E-state index is -0.956. The molecule has 0 saturated carbocycles. The van der Waals surface area contributed by atoms with Crippen molar-refractivity contribution in [3.8, 4) is 0 Å². The molecule has 2 heterocycles. The number of nitrogens with zero attached hydrogens (tertiary/aromatic N) is 1. The summed E-state index contributed by atoms with van der Waals surface area (Å²) in [5, 5.41) is 5.45. The van der Waals surface area contributed by atoms with Gasteiger partial charge < -0.3 is 11.1 Å². The molecule has 4 amide bonds. The van der Waals surface area contributed by atoms with E-state index in [2.05, 4.69) is 10.6 Å². The Morgan fingerprint density at radius 3 is 2.57 bits per heavy atom. The Kier molecular flexibility index (Phi) is 5.22. The molecular weight excluding hydrogens is 384 g/mol. The highest BCUT2D eigenvalue weighted by Gasteiger charge is 2.44. The van der Waals surface area contributed by atoms with Crippen molar-refractivity contribution in [1.82, 2.24) is 10.2 Å². The Labute approximate surface area is 173 Å². The predicted molar refractivity (Wildman–Crippen MR) is 111 cm³/mol. The van der Waals surface area contributed by atoms with E-state index in [0.29, 0.717) is 6.54 Å². The Balaban J connectivity index is 1.41. The number of hydrogen-bond donors (Lipinski definition) is 3. The van der Waals surface area contributed by atoms with E-state index in [1.807, 2.05) is 24.3 Å². The van der Waals surface area contributed by atoms with E-state index in [1.54, 1.807) is 18.2 Å². The Morgan fingerprint density at radius 1 is 1.03 bits per heavy atom. The minimum absolute atomic E-state index is 0.0997. The lowest BCUT2D eigenvalue weighted by Gasteiger charge is -2.27. The third-order valence-corrected chi connectivity index (χ3v) is 5.45. The summed E-state index contributed by atoms with van der Waals surface area (Å²) in [4.78, 5) is 50.0. The zero-order valence-corrected chi connectivity index (χ0v) is 16.3. The highest BCUT2D eigenvalue weighted by molar-refractivity contribution is 6.23. The zero-order chi connectivity index (χ0) is 21.3. The lowest BCUT2D eigenvalue weighted by Crippen LogP contribution is -2.54. The van der Waals surface area contributed by atoms with Crippen molar-refractivity contribution < 1.29 is 19.2 Å². The molecule has 0 radical (unpaired) electrons. The van der Waals surface area contributed by atoms with Gasteiger partial charge >= 0.3 is 0 Å². The molecular formula is C22H22N4O4. The van der Waals surface area contributed by atoms with Crippen LogP contribution in [0.3, 0.4) is 0 Å². The van der Waals surface area contributed by atoms with Crippen molar-refractivity contribution in [1.29, 1.82) is 0 Å². The van der Waals surface area contributed by atoms with Crippen molar-refractivity contribution in [3.63, 3.8) is 0 Å². The molecule has 8 heteroatoms. The fourth-order valence-corrected chi connectivity index (χ4v) is 3.85. The van der Waals surface area contributed by atoms with Gasteiger partial charge in [0.1, 0.15) is 6.04 Å². The number of anilines is 2. The molecule has 4 N–H and O–H groups in total. The number of nitrogen functional groups attached to an aromatic ring is 1. The van der Waals surface area contributed by atoms with Crippen LogP contribution in [0.25, 0.3) is 0 Å². The van der Waals surface area contributed by atoms with Crippen LogP contribution in [-0.2, 0) is 16.0 Å². The maximum absolute atomic E-state index is 12.8. The van der Waals surface area contributed by atoms with E-state index < -0.39 is 29.7 Å². The number of carbonyl (C=O) groups excluding carboxylic acids is 4. The second-order valence-electron chi connectivity index (χ2n) is 7.44. The van der Waals surface area contributed by atoms with Gasteiger partial charge in [-0.1, -0.05) is 18.2 Å². The number of fused-ring (bicyclic) bond motifs is 1. The van der Waals surface area contributed by atoms with Gasteiger partial charge in [0, 0.05) is 24.3 Å². The molecule has 0 aromatic heterocycles. The van der Waals surface area contributed by atoms with E-state index in [0.717, 1.165) is 34.7 Å². The Morgan fingerprint density at radius 2 is 1.80 bits per heavy atom. The van der Waals surface area contributed by atoms with Crippen molar-refractivity contribution in [2.45, 2.75) is 31.7 Å². The maximum atomic E-state index is 12.8. The number of nitrogens with two attached hydrogens (primary N) is 1. The summed E-state index contributed by atoms with van der Waals surface area (Å²) in [5.74, 6) is -2.02. The van der Waals surface area contributed by atoms with E-state index in [9.17, 15) is 19.2 Å². The molecule has 0 spiro atoms. The SMILES string of the molecule is Nc1ccccc1CCCNc1ccc2c(c1)C(=O)N(C1CCC(=O)NC1=O)C2=O. The molecule has 2 aliphatic heterocycles. The summed E-state index contributed by atoms with van der Waals surface area (Å²) < 4.78 is 0. The number of benzene rings is 2. The summed E-state index contributed by atoms with van der Waals surface area (Å²) in [6, 6.07) is 11.8. The Bertz CT molecular complexity index is 1050. The number of nitrogens with one attached hydrogen (secondary N) is 2. The average molecular weight is 406 g/mol. The summed E-state index contributed by atoms with van der Waals surface area (Å²) in [6.07, 6.45) is 1.91. The molecule has 1 atom stereocenters. The second kappa shape index (κ2) is 7.98. The van der Waals surface area contributed by atoms with Crippen LogP contribution >= 0.6 is 0 Å². The Hall–Kier alpha value is -3.68. The number of hydrogen-bond acceptors (Lipinski definition) is 6. The van der Waals surface area contributed by atoms with Gasteiger partial charge in [-0.25, -0.2) is 0 Å². The van der Waals surface area contributed by atoms with Gasteiger partial charge in [0.2, 0.25) is 11.8 Å². The van der Waals surface area contributed by atoms with Crippen LogP contribution in [0.5, 0.6) is 0 Å². The molecule has 2 aromatic rings. The van der Waals surface area contributed by atoms with E-state index in [4.69, 9.17) is 5.73 Å². The lowest BCUT2D eigenvalue weighted by molar-refractivity contribution is -0.136. The summed E-state index contributed by atoms with van der Waals surface area (Å²) in [5.41, 5.74) is 9.08. The fraction of sp³-hybridized carbons (Fsp3) is 0.273. The molecule has 1 fully saturated rings. The van der Waals surface area contributed by atoms with Gasteiger partial charge in [-0.2, -0.15) is 0 Å². The van der Waals surface area contributed by atoms with Crippen molar-refractivity contribution in [3.05, 3.63) is 59.2 Å².